The van der Waals surface area contributed by atoms with Crippen molar-refractivity contribution in [3.05, 3.63) is 41.5 Å². The third-order valence-electron chi connectivity index (χ3n) is 3.28. The van der Waals surface area contributed by atoms with E-state index in [0.29, 0.717) is 17.3 Å². The highest BCUT2D eigenvalue weighted by Gasteiger charge is 2.28. The zero-order valence-electron chi connectivity index (χ0n) is 11.1. The van der Waals surface area contributed by atoms with Crippen LogP contribution in [-0.2, 0) is 17.1 Å². The van der Waals surface area contributed by atoms with Gasteiger partial charge in [0.1, 0.15) is 4.21 Å². The van der Waals surface area contributed by atoms with E-state index in [1.165, 1.54) is 11.3 Å². The summed E-state index contributed by atoms with van der Waals surface area (Å²) in [7, 11) is -1.51. The quantitative estimate of drug-likeness (QED) is 0.871. The van der Waals surface area contributed by atoms with Gasteiger partial charge in [-0.05, 0) is 23.4 Å². The lowest BCUT2D eigenvalue weighted by Gasteiger charge is -2.25. The van der Waals surface area contributed by atoms with Gasteiger partial charge in [0.15, 0.2) is 0 Å². The van der Waals surface area contributed by atoms with Crippen molar-refractivity contribution in [3.63, 3.8) is 0 Å². The van der Waals surface area contributed by atoms with Gasteiger partial charge in [0.2, 0.25) is 0 Å². The van der Waals surface area contributed by atoms with E-state index < -0.39 is 10.0 Å². The molecule has 0 unspecified atom stereocenters. The summed E-state index contributed by atoms with van der Waals surface area (Å²) in [4.78, 5) is 0. The van der Waals surface area contributed by atoms with Gasteiger partial charge in [-0.1, -0.05) is 12.1 Å². The fraction of sp³-hybridized carbons (Fsp3) is 0.308. The van der Waals surface area contributed by atoms with Gasteiger partial charge < -0.3 is 0 Å². The average Bonchev–Trinajstić information content (AvgIpc) is 3.10. The number of thiophene rings is 1. The first-order valence-electron chi connectivity index (χ1n) is 6.29. The SMILES string of the molecule is Cn1cc(C2=CCCN(S(=O)(=O)c3cccs3)C2)cn1. The molecule has 2 aromatic rings. The third kappa shape index (κ3) is 2.44. The van der Waals surface area contributed by atoms with Gasteiger partial charge in [0, 0.05) is 31.9 Å². The van der Waals surface area contributed by atoms with Crippen molar-refractivity contribution in [2.45, 2.75) is 10.6 Å². The van der Waals surface area contributed by atoms with E-state index in [1.54, 1.807) is 32.7 Å². The first-order chi connectivity index (χ1) is 9.57. The number of hydrogen-bond donors (Lipinski definition) is 0. The molecular formula is C13H15N3O2S2. The molecule has 0 radical (unpaired) electrons. The number of hydrogen-bond acceptors (Lipinski definition) is 4. The minimum Gasteiger partial charge on any atom is -0.275 e. The molecule has 2 aromatic heterocycles. The highest BCUT2D eigenvalue weighted by atomic mass is 32.2. The molecule has 0 bridgehead atoms. The van der Waals surface area contributed by atoms with Crippen LogP contribution in [0, 0.1) is 0 Å². The molecule has 0 aromatic carbocycles. The monoisotopic (exact) mass is 309 g/mol. The Labute approximate surface area is 122 Å². The standard InChI is InChI=1S/C13H15N3O2S2/c1-15-9-12(8-14-15)11-4-2-6-16(10-11)20(17,18)13-5-3-7-19-13/h3-5,7-9H,2,6,10H2,1H3. The predicted molar refractivity (Wildman–Crippen MR) is 78.9 cm³/mol. The van der Waals surface area contributed by atoms with Gasteiger partial charge in [-0.2, -0.15) is 9.40 Å². The summed E-state index contributed by atoms with van der Waals surface area (Å²) in [6, 6.07) is 3.42. The van der Waals surface area contributed by atoms with Gasteiger partial charge in [-0.3, -0.25) is 4.68 Å². The van der Waals surface area contributed by atoms with Gasteiger partial charge in [0.05, 0.1) is 6.20 Å². The number of aryl methyl sites for hydroxylation is 1. The normalized spacial score (nSPS) is 17.1. The molecule has 0 spiro atoms. The number of sulfonamides is 1. The summed E-state index contributed by atoms with van der Waals surface area (Å²) in [5, 5.41) is 5.93. The van der Waals surface area contributed by atoms with E-state index in [2.05, 4.69) is 11.2 Å². The van der Waals surface area contributed by atoms with Crippen LogP contribution in [0.2, 0.25) is 0 Å². The Morgan fingerprint density at radius 2 is 2.25 bits per heavy atom. The lowest BCUT2D eigenvalue weighted by atomic mass is 10.1. The van der Waals surface area contributed by atoms with Gasteiger partial charge in [-0.25, -0.2) is 8.42 Å². The van der Waals surface area contributed by atoms with Crippen molar-refractivity contribution in [1.29, 1.82) is 0 Å². The molecule has 3 rings (SSSR count). The zero-order chi connectivity index (χ0) is 14.2. The van der Waals surface area contributed by atoms with Crippen LogP contribution in [-0.4, -0.2) is 35.6 Å². The molecule has 1 aliphatic rings. The van der Waals surface area contributed by atoms with Crippen LogP contribution in [0.4, 0.5) is 0 Å². The van der Waals surface area contributed by atoms with Crippen molar-refractivity contribution >= 4 is 26.9 Å². The van der Waals surface area contributed by atoms with Gasteiger partial charge in [-0.15, -0.1) is 11.3 Å². The summed E-state index contributed by atoms with van der Waals surface area (Å²) in [6.45, 7) is 0.940. The molecular weight excluding hydrogens is 294 g/mol. The fourth-order valence-electron chi connectivity index (χ4n) is 2.26. The van der Waals surface area contributed by atoms with Crippen molar-refractivity contribution in [2.24, 2.45) is 7.05 Å². The molecule has 0 N–H and O–H groups in total. The summed E-state index contributed by atoms with van der Waals surface area (Å²) in [6.07, 6.45) is 6.51. The Morgan fingerprint density at radius 3 is 2.90 bits per heavy atom. The van der Waals surface area contributed by atoms with E-state index in [0.717, 1.165) is 17.6 Å². The van der Waals surface area contributed by atoms with E-state index in [4.69, 9.17) is 0 Å². The fourth-order valence-corrected chi connectivity index (χ4v) is 4.83. The minimum atomic E-state index is -3.37. The molecule has 3 heterocycles. The highest BCUT2D eigenvalue weighted by Crippen LogP contribution is 2.27. The molecule has 1 aliphatic heterocycles. The summed E-state index contributed by atoms with van der Waals surface area (Å²) >= 11 is 1.26. The Morgan fingerprint density at radius 1 is 1.40 bits per heavy atom. The molecule has 106 valence electrons. The Hall–Kier alpha value is -1.44. The van der Waals surface area contributed by atoms with Crippen molar-refractivity contribution in [2.75, 3.05) is 13.1 Å². The first-order valence-corrected chi connectivity index (χ1v) is 8.61. The lowest BCUT2D eigenvalue weighted by Crippen LogP contribution is -2.35. The van der Waals surface area contributed by atoms with Gasteiger partial charge >= 0.3 is 0 Å². The molecule has 0 saturated carbocycles. The van der Waals surface area contributed by atoms with Crippen molar-refractivity contribution < 1.29 is 8.42 Å². The second-order valence-corrected chi connectivity index (χ2v) is 7.80. The molecule has 0 atom stereocenters. The summed E-state index contributed by atoms with van der Waals surface area (Å²) in [5.41, 5.74) is 2.00. The second kappa shape index (κ2) is 5.16. The van der Waals surface area contributed by atoms with Gasteiger partial charge in [0.25, 0.3) is 10.0 Å². The largest absolute Gasteiger partial charge is 0.275 e. The maximum atomic E-state index is 12.5. The van der Waals surface area contributed by atoms with Crippen LogP contribution in [0.5, 0.6) is 0 Å². The summed E-state index contributed by atoms with van der Waals surface area (Å²) < 4.78 is 28.7. The van der Waals surface area contributed by atoms with Crippen LogP contribution < -0.4 is 0 Å². The van der Waals surface area contributed by atoms with E-state index >= 15 is 0 Å². The highest BCUT2D eigenvalue weighted by molar-refractivity contribution is 7.91. The Balaban J connectivity index is 1.86. The Bertz CT molecular complexity index is 730. The predicted octanol–water partition coefficient (Wildman–Crippen LogP) is 1.96. The molecule has 0 amide bonds. The van der Waals surface area contributed by atoms with E-state index in [9.17, 15) is 8.42 Å². The topological polar surface area (TPSA) is 55.2 Å². The van der Waals surface area contributed by atoms with Crippen LogP contribution in [0.3, 0.4) is 0 Å². The number of nitrogens with zero attached hydrogens (tertiary/aromatic N) is 3. The number of aromatic nitrogens is 2. The molecule has 0 saturated heterocycles. The minimum absolute atomic E-state index is 0.407. The van der Waals surface area contributed by atoms with E-state index in [-0.39, 0.29) is 0 Å². The van der Waals surface area contributed by atoms with Crippen LogP contribution in [0.15, 0.2) is 40.2 Å². The Kier molecular flexibility index (Phi) is 3.49. The van der Waals surface area contributed by atoms with Crippen molar-refractivity contribution in [1.82, 2.24) is 14.1 Å². The molecule has 0 fully saturated rings. The average molecular weight is 309 g/mol. The lowest BCUT2D eigenvalue weighted by molar-refractivity contribution is 0.444. The first kappa shape index (κ1) is 13.5. The maximum Gasteiger partial charge on any atom is 0.252 e. The second-order valence-electron chi connectivity index (χ2n) is 4.69. The summed E-state index contributed by atoms with van der Waals surface area (Å²) in [5.74, 6) is 0. The third-order valence-corrected chi connectivity index (χ3v) is 6.50. The van der Waals surface area contributed by atoms with Crippen LogP contribution >= 0.6 is 11.3 Å². The molecule has 5 nitrogen and oxygen atoms in total. The maximum absolute atomic E-state index is 12.5. The van der Waals surface area contributed by atoms with Crippen molar-refractivity contribution in [3.8, 4) is 0 Å². The number of rotatable bonds is 3. The molecule has 0 aliphatic carbocycles. The van der Waals surface area contributed by atoms with Crippen LogP contribution in [0.1, 0.15) is 12.0 Å². The van der Waals surface area contributed by atoms with Crippen LogP contribution in [0.25, 0.3) is 5.57 Å². The zero-order valence-corrected chi connectivity index (χ0v) is 12.7. The van der Waals surface area contributed by atoms with E-state index in [1.807, 2.05) is 13.2 Å². The molecule has 20 heavy (non-hydrogen) atoms. The molecule has 7 heteroatoms. The smallest absolute Gasteiger partial charge is 0.252 e.